The van der Waals surface area contributed by atoms with Gasteiger partial charge in [0.2, 0.25) is 0 Å². The molecule has 0 radical (unpaired) electrons. The zero-order valence-electron chi connectivity index (χ0n) is 23.5. The summed E-state index contributed by atoms with van der Waals surface area (Å²) in [7, 11) is 0. The summed E-state index contributed by atoms with van der Waals surface area (Å²) in [5.41, 5.74) is -1.66. The maximum atomic E-state index is 13.4. The molecule has 0 saturated carbocycles. The molecule has 2 heterocycles. The van der Waals surface area contributed by atoms with E-state index in [2.05, 4.69) is 14.8 Å². The van der Waals surface area contributed by atoms with Crippen molar-refractivity contribution in [3.63, 3.8) is 0 Å². The van der Waals surface area contributed by atoms with E-state index in [1.807, 2.05) is 24.3 Å². The van der Waals surface area contributed by atoms with Gasteiger partial charge in [0.1, 0.15) is 6.61 Å². The number of carbonyl (C=O) groups excluding carboxylic acids is 1. The third-order valence-corrected chi connectivity index (χ3v) is 7.87. The summed E-state index contributed by atoms with van der Waals surface area (Å²) < 4.78 is 85.7. The highest BCUT2D eigenvalue weighted by atomic mass is 19.4. The molecule has 43 heavy (non-hydrogen) atoms. The van der Waals surface area contributed by atoms with Crippen molar-refractivity contribution in [2.24, 2.45) is 0 Å². The molecule has 6 nitrogen and oxygen atoms in total. The Morgan fingerprint density at radius 1 is 0.860 bits per heavy atom. The number of aliphatic hydroxyl groups excluding tert-OH is 1. The summed E-state index contributed by atoms with van der Waals surface area (Å²) >= 11 is 0. The first-order valence-electron chi connectivity index (χ1n) is 13.8. The predicted molar refractivity (Wildman–Crippen MR) is 148 cm³/mol. The number of piperazine rings is 1. The van der Waals surface area contributed by atoms with Crippen LogP contribution < -0.4 is 0 Å². The fourth-order valence-corrected chi connectivity index (χ4v) is 5.18. The summed E-state index contributed by atoms with van der Waals surface area (Å²) in [5, 5.41) is 8.99. The molecule has 1 atom stereocenters. The van der Waals surface area contributed by atoms with Crippen LogP contribution in [0.4, 0.5) is 26.3 Å². The molecule has 4 rings (SSSR count). The fraction of sp³-hybridized carbons (Fsp3) is 0.419. The Labute approximate surface area is 245 Å². The van der Waals surface area contributed by atoms with Crippen molar-refractivity contribution in [3.8, 4) is 11.1 Å². The van der Waals surface area contributed by atoms with Gasteiger partial charge < -0.3 is 9.84 Å². The Morgan fingerprint density at radius 2 is 1.42 bits per heavy atom. The molecule has 1 unspecified atom stereocenters. The van der Waals surface area contributed by atoms with Crippen molar-refractivity contribution in [1.29, 1.82) is 0 Å². The molecular formula is C31H33F6N3O3. The Hall–Kier alpha value is -3.48. The number of benzene rings is 2. The second-order valence-electron chi connectivity index (χ2n) is 10.8. The number of hydrogen-bond donors (Lipinski definition) is 1. The zero-order chi connectivity index (χ0) is 31.3. The average Bonchev–Trinajstić information content (AvgIpc) is 2.97. The number of rotatable bonds is 10. The van der Waals surface area contributed by atoms with E-state index in [1.54, 1.807) is 24.5 Å². The molecule has 1 aliphatic rings. The Balaban J connectivity index is 1.43. The first-order chi connectivity index (χ1) is 20.3. The first-order valence-corrected chi connectivity index (χ1v) is 13.8. The van der Waals surface area contributed by atoms with Gasteiger partial charge in [-0.25, -0.2) is 0 Å². The summed E-state index contributed by atoms with van der Waals surface area (Å²) in [6.45, 7) is 3.13. The minimum absolute atomic E-state index is 0.0569. The molecule has 1 N–H and O–H groups in total. The van der Waals surface area contributed by atoms with Gasteiger partial charge in [-0.15, -0.1) is 0 Å². The lowest BCUT2D eigenvalue weighted by Gasteiger charge is -2.41. The van der Waals surface area contributed by atoms with Crippen LogP contribution in [0.2, 0.25) is 0 Å². The maximum Gasteiger partial charge on any atom is 0.406 e. The van der Waals surface area contributed by atoms with Crippen molar-refractivity contribution in [2.75, 3.05) is 32.8 Å². The van der Waals surface area contributed by atoms with E-state index in [1.165, 1.54) is 12.1 Å². The van der Waals surface area contributed by atoms with Crippen LogP contribution in [0.25, 0.3) is 11.1 Å². The lowest BCUT2D eigenvalue weighted by molar-refractivity contribution is -0.297. The topological polar surface area (TPSA) is 65.9 Å². The molecule has 0 spiro atoms. The van der Waals surface area contributed by atoms with Crippen LogP contribution in [0.3, 0.4) is 0 Å². The minimum Gasteiger partial charge on any atom is -0.463 e. The molecule has 232 valence electrons. The number of esters is 1. The Morgan fingerprint density at radius 3 is 1.98 bits per heavy atom. The maximum absolute atomic E-state index is 13.4. The molecule has 12 heteroatoms. The SMILES string of the molecule is CC(c1ccc(-c2ccc(CN3CCN(Cc4ccncc4)C(CC(=O)OCCO)C3)cc2)cc1)(C(F)(F)F)C(F)(F)F. The summed E-state index contributed by atoms with van der Waals surface area (Å²) in [4.78, 5) is 20.9. The van der Waals surface area contributed by atoms with Gasteiger partial charge in [-0.2, -0.15) is 26.3 Å². The first kappa shape index (κ1) is 32.4. The largest absolute Gasteiger partial charge is 0.463 e. The molecule has 1 fully saturated rings. The number of aliphatic hydroxyl groups is 1. The summed E-state index contributed by atoms with van der Waals surface area (Å²) in [6.07, 6.45) is -7.40. The number of hydrogen-bond acceptors (Lipinski definition) is 6. The van der Waals surface area contributed by atoms with Gasteiger partial charge in [0.05, 0.1) is 13.0 Å². The van der Waals surface area contributed by atoms with Gasteiger partial charge in [0.15, 0.2) is 5.41 Å². The molecule has 1 saturated heterocycles. The number of carbonyl (C=O) groups is 1. The van der Waals surface area contributed by atoms with Crippen LogP contribution in [0.5, 0.6) is 0 Å². The number of ether oxygens (including phenoxy) is 1. The third kappa shape index (κ3) is 7.73. The minimum atomic E-state index is -5.50. The van der Waals surface area contributed by atoms with Crippen LogP contribution in [0.15, 0.2) is 73.1 Å². The van der Waals surface area contributed by atoms with Gasteiger partial charge in [-0.1, -0.05) is 48.5 Å². The van der Waals surface area contributed by atoms with E-state index in [4.69, 9.17) is 9.84 Å². The highest BCUT2D eigenvalue weighted by Gasteiger charge is 2.68. The lowest BCUT2D eigenvalue weighted by Crippen LogP contribution is -2.53. The van der Waals surface area contributed by atoms with Gasteiger partial charge in [0, 0.05) is 51.2 Å². The molecule has 0 bridgehead atoms. The van der Waals surface area contributed by atoms with Gasteiger partial charge >= 0.3 is 18.3 Å². The van der Waals surface area contributed by atoms with Crippen LogP contribution in [0, 0.1) is 0 Å². The van der Waals surface area contributed by atoms with Crippen LogP contribution in [0.1, 0.15) is 30.0 Å². The third-order valence-electron chi connectivity index (χ3n) is 7.87. The number of alkyl halides is 6. The summed E-state index contributed by atoms with van der Waals surface area (Å²) in [5.74, 6) is -0.387. The summed E-state index contributed by atoms with van der Waals surface area (Å²) in [6, 6.07) is 15.3. The van der Waals surface area contributed by atoms with Crippen molar-refractivity contribution < 1.29 is 41.0 Å². The van der Waals surface area contributed by atoms with Crippen LogP contribution in [-0.2, 0) is 28.0 Å². The number of nitrogens with zero attached hydrogens (tertiary/aromatic N) is 3. The predicted octanol–water partition coefficient (Wildman–Crippen LogP) is 5.74. The van der Waals surface area contributed by atoms with Gasteiger partial charge in [0.25, 0.3) is 0 Å². The van der Waals surface area contributed by atoms with Crippen LogP contribution in [-0.4, -0.2) is 77.1 Å². The second kappa shape index (κ2) is 13.4. The Bertz CT molecular complexity index is 1320. The highest BCUT2D eigenvalue weighted by Crippen LogP contribution is 2.51. The van der Waals surface area contributed by atoms with Crippen molar-refractivity contribution in [2.45, 2.75) is 50.2 Å². The van der Waals surface area contributed by atoms with Crippen molar-refractivity contribution in [1.82, 2.24) is 14.8 Å². The van der Waals surface area contributed by atoms with Gasteiger partial charge in [-0.05, 0) is 46.9 Å². The smallest absolute Gasteiger partial charge is 0.406 e. The van der Waals surface area contributed by atoms with E-state index >= 15 is 0 Å². The molecule has 1 aliphatic heterocycles. The number of halogens is 6. The number of pyridine rings is 1. The van der Waals surface area contributed by atoms with Crippen LogP contribution >= 0.6 is 0 Å². The van der Waals surface area contributed by atoms with Crippen molar-refractivity contribution >= 4 is 5.97 Å². The molecular weight excluding hydrogens is 576 g/mol. The molecule has 2 aromatic carbocycles. The molecule has 1 aromatic heterocycles. The second-order valence-corrected chi connectivity index (χ2v) is 10.8. The standard InChI is InChI=1S/C31H33F6N3O3/c1-29(30(32,33)34,31(35,36)37)26-8-6-25(7-9-26)24-4-2-22(3-5-24)19-39-14-15-40(20-23-10-12-38-13-11-23)27(21-39)18-28(42)43-17-16-41/h2-13,27,41H,14-21H2,1H3. The van der Waals surface area contributed by atoms with E-state index in [0.717, 1.165) is 29.8 Å². The molecule has 0 amide bonds. The molecule has 0 aliphatic carbocycles. The van der Waals surface area contributed by atoms with Crippen molar-refractivity contribution in [3.05, 3.63) is 89.7 Å². The van der Waals surface area contributed by atoms with E-state index < -0.39 is 23.3 Å². The highest BCUT2D eigenvalue weighted by molar-refractivity contribution is 5.70. The normalized spacial score (nSPS) is 17.2. The quantitative estimate of drug-likeness (QED) is 0.234. The van der Waals surface area contributed by atoms with E-state index in [-0.39, 0.29) is 38.6 Å². The Kier molecular flexibility index (Phi) is 10.1. The fourth-order valence-electron chi connectivity index (χ4n) is 5.18. The average molecular weight is 610 g/mol. The van der Waals surface area contributed by atoms with Gasteiger partial charge in [-0.3, -0.25) is 19.6 Å². The zero-order valence-corrected chi connectivity index (χ0v) is 23.5. The monoisotopic (exact) mass is 609 g/mol. The lowest BCUT2D eigenvalue weighted by atomic mass is 9.80. The van der Waals surface area contributed by atoms with E-state index in [9.17, 15) is 31.1 Å². The van der Waals surface area contributed by atoms with E-state index in [0.29, 0.717) is 37.3 Å². The molecule has 3 aromatic rings. The number of aromatic nitrogens is 1.